The van der Waals surface area contributed by atoms with Crippen LogP contribution in [0.2, 0.25) is 0 Å². The zero-order valence-corrected chi connectivity index (χ0v) is 15.0. The lowest BCUT2D eigenvalue weighted by atomic mass is 10.1. The van der Waals surface area contributed by atoms with Crippen molar-refractivity contribution in [2.75, 3.05) is 6.61 Å². The first kappa shape index (κ1) is 18.0. The SMILES string of the molecule is Cc1ccc(S(=O)(=O)OCCc2ccc(-c3ccc(=O)[nH]n3)cc2)cc1. The van der Waals surface area contributed by atoms with Crippen molar-refractivity contribution >= 4 is 10.1 Å². The second-order valence-electron chi connectivity index (χ2n) is 5.84. The van der Waals surface area contributed by atoms with Crippen molar-refractivity contribution in [3.8, 4) is 11.3 Å². The topological polar surface area (TPSA) is 89.1 Å². The normalized spacial score (nSPS) is 11.4. The second-order valence-corrected chi connectivity index (χ2v) is 7.46. The molecule has 7 heteroatoms. The molecule has 0 bridgehead atoms. The van der Waals surface area contributed by atoms with Gasteiger partial charge >= 0.3 is 0 Å². The average molecular weight is 370 g/mol. The number of hydrogen-bond donors (Lipinski definition) is 1. The smallest absolute Gasteiger partial charge is 0.268 e. The predicted octanol–water partition coefficient (Wildman–Crippen LogP) is 2.69. The third kappa shape index (κ3) is 4.44. The van der Waals surface area contributed by atoms with E-state index < -0.39 is 10.1 Å². The lowest BCUT2D eigenvalue weighted by Crippen LogP contribution is -2.09. The molecule has 0 aliphatic carbocycles. The van der Waals surface area contributed by atoms with Crippen LogP contribution >= 0.6 is 0 Å². The molecule has 1 aromatic heterocycles. The number of aromatic nitrogens is 2. The molecule has 0 amide bonds. The van der Waals surface area contributed by atoms with Gasteiger partial charge in [-0.05, 0) is 37.1 Å². The van der Waals surface area contributed by atoms with Crippen molar-refractivity contribution in [1.29, 1.82) is 0 Å². The van der Waals surface area contributed by atoms with Crippen LogP contribution in [0.1, 0.15) is 11.1 Å². The van der Waals surface area contributed by atoms with Crippen LogP contribution in [-0.4, -0.2) is 25.2 Å². The van der Waals surface area contributed by atoms with Crippen LogP contribution in [0.25, 0.3) is 11.3 Å². The standard InChI is InChI=1S/C19H18N2O4S/c1-14-2-8-17(9-3-14)26(23,24)25-13-12-15-4-6-16(7-5-15)18-10-11-19(22)21-20-18/h2-11H,12-13H2,1H3,(H,21,22). The Labute approximate surface area is 151 Å². The number of aromatic amines is 1. The summed E-state index contributed by atoms with van der Waals surface area (Å²) < 4.78 is 29.4. The monoisotopic (exact) mass is 370 g/mol. The Kier molecular flexibility index (Phi) is 5.29. The maximum absolute atomic E-state index is 12.1. The van der Waals surface area contributed by atoms with Crippen molar-refractivity contribution < 1.29 is 12.6 Å². The van der Waals surface area contributed by atoms with E-state index in [1.165, 1.54) is 18.2 Å². The van der Waals surface area contributed by atoms with Crippen molar-refractivity contribution in [3.05, 3.63) is 82.1 Å². The van der Waals surface area contributed by atoms with Crippen LogP contribution in [0, 0.1) is 6.92 Å². The number of nitrogens with zero attached hydrogens (tertiary/aromatic N) is 1. The van der Waals surface area contributed by atoms with Gasteiger partial charge in [-0.2, -0.15) is 13.5 Å². The van der Waals surface area contributed by atoms with E-state index >= 15 is 0 Å². The Morgan fingerprint density at radius 1 is 0.962 bits per heavy atom. The van der Waals surface area contributed by atoms with Gasteiger partial charge in [-0.15, -0.1) is 0 Å². The first-order valence-electron chi connectivity index (χ1n) is 8.05. The Morgan fingerprint density at radius 2 is 1.65 bits per heavy atom. The van der Waals surface area contributed by atoms with Gasteiger partial charge < -0.3 is 0 Å². The highest BCUT2D eigenvalue weighted by Crippen LogP contribution is 2.17. The van der Waals surface area contributed by atoms with E-state index in [2.05, 4.69) is 10.2 Å². The summed E-state index contributed by atoms with van der Waals surface area (Å²) in [6, 6.07) is 17.1. The molecule has 2 aromatic carbocycles. The summed E-state index contributed by atoms with van der Waals surface area (Å²) >= 11 is 0. The molecule has 0 saturated carbocycles. The van der Waals surface area contributed by atoms with E-state index in [0.29, 0.717) is 12.1 Å². The molecule has 0 aliphatic heterocycles. The van der Waals surface area contributed by atoms with Crippen LogP contribution in [-0.2, 0) is 20.7 Å². The summed E-state index contributed by atoms with van der Waals surface area (Å²) in [6.45, 7) is 1.95. The lowest BCUT2D eigenvalue weighted by Gasteiger charge is -2.07. The highest BCUT2D eigenvalue weighted by molar-refractivity contribution is 7.86. The van der Waals surface area contributed by atoms with E-state index in [-0.39, 0.29) is 17.1 Å². The van der Waals surface area contributed by atoms with Crippen LogP contribution in [0.3, 0.4) is 0 Å². The molecule has 134 valence electrons. The third-order valence-electron chi connectivity index (χ3n) is 3.87. The fourth-order valence-electron chi connectivity index (χ4n) is 2.39. The first-order valence-corrected chi connectivity index (χ1v) is 9.46. The molecule has 0 radical (unpaired) electrons. The van der Waals surface area contributed by atoms with Gasteiger partial charge in [0, 0.05) is 11.6 Å². The number of nitrogens with one attached hydrogen (secondary N) is 1. The molecule has 0 saturated heterocycles. The zero-order valence-electron chi connectivity index (χ0n) is 14.2. The Hall–Kier alpha value is -2.77. The maximum Gasteiger partial charge on any atom is 0.296 e. The molecule has 1 N–H and O–H groups in total. The minimum absolute atomic E-state index is 0.0620. The summed E-state index contributed by atoms with van der Waals surface area (Å²) in [6.07, 6.45) is 0.463. The Bertz CT molecular complexity index is 1020. The fraction of sp³-hybridized carbons (Fsp3) is 0.158. The summed E-state index contributed by atoms with van der Waals surface area (Å²) in [5.41, 5.74) is 3.20. The van der Waals surface area contributed by atoms with Gasteiger partial charge in [0.25, 0.3) is 15.7 Å². The summed E-state index contributed by atoms with van der Waals surface area (Å²) in [5, 5.41) is 6.36. The van der Waals surface area contributed by atoms with Crippen molar-refractivity contribution in [3.63, 3.8) is 0 Å². The Balaban J connectivity index is 1.60. The molecule has 0 fully saturated rings. The number of aryl methyl sites for hydroxylation is 1. The molecule has 0 aliphatic rings. The predicted molar refractivity (Wildman–Crippen MR) is 98.3 cm³/mol. The molecule has 6 nitrogen and oxygen atoms in total. The number of rotatable bonds is 6. The van der Waals surface area contributed by atoms with Crippen LogP contribution in [0.15, 0.2) is 70.4 Å². The molecular weight excluding hydrogens is 352 g/mol. The minimum atomic E-state index is -3.75. The van der Waals surface area contributed by atoms with Gasteiger partial charge in [-0.25, -0.2) is 5.10 Å². The van der Waals surface area contributed by atoms with E-state index in [0.717, 1.165) is 16.7 Å². The van der Waals surface area contributed by atoms with Gasteiger partial charge in [-0.3, -0.25) is 8.98 Å². The molecule has 0 unspecified atom stereocenters. The van der Waals surface area contributed by atoms with Crippen LogP contribution in [0.5, 0.6) is 0 Å². The largest absolute Gasteiger partial charge is 0.296 e. The molecule has 26 heavy (non-hydrogen) atoms. The van der Waals surface area contributed by atoms with E-state index in [4.69, 9.17) is 4.18 Å². The molecule has 3 rings (SSSR count). The summed E-state index contributed by atoms with van der Waals surface area (Å²) in [7, 11) is -3.75. The van der Waals surface area contributed by atoms with E-state index in [9.17, 15) is 13.2 Å². The first-order chi connectivity index (χ1) is 12.4. The number of hydrogen-bond acceptors (Lipinski definition) is 5. The highest BCUT2D eigenvalue weighted by Gasteiger charge is 2.14. The van der Waals surface area contributed by atoms with Gasteiger partial charge in [0.15, 0.2) is 0 Å². The van der Waals surface area contributed by atoms with Gasteiger partial charge in [0.2, 0.25) is 0 Å². The minimum Gasteiger partial charge on any atom is -0.268 e. The molecule has 3 aromatic rings. The molecule has 1 heterocycles. The molecule has 0 spiro atoms. The summed E-state index contributed by atoms with van der Waals surface area (Å²) in [4.78, 5) is 11.2. The highest BCUT2D eigenvalue weighted by atomic mass is 32.2. The van der Waals surface area contributed by atoms with Crippen LogP contribution < -0.4 is 5.56 Å². The van der Waals surface area contributed by atoms with Gasteiger partial charge in [0.05, 0.1) is 17.2 Å². The Morgan fingerprint density at radius 3 is 2.27 bits per heavy atom. The molecule has 0 atom stereocenters. The zero-order chi connectivity index (χ0) is 18.6. The second kappa shape index (κ2) is 7.63. The van der Waals surface area contributed by atoms with E-state index in [1.54, 1.807) is 18.2 Å². The third-order valence-corrected chi connectivity index (χ3v) is 5.19. The van der Waals surface area contributed by atoms with Crippen molar-refractivity contribution in [2.24, 2.45) is 0 Å². The summed E-state index contributed by atoms with van der Waals surface area (Å²) in [5.74, 6) is 0. The average Bonchev–Trinajstić information content (AvgIpc) is 2.63. The van der Waals surface area contributed by atoms with Gasteiger partial charge in [-0.1, -0.05) is 42.0 Å². The van der Waals surface area contributed by atoms with Gasteiger partial charge in [0.1, 0.15) is 0 Å². The number of H-pyrrole nitrogens is 1. The van der Waals surface area contributed by atoms with Crippen LogP contribution in [0.4, 0.5) is 0 Å². The molecular formula is C19H18N2O4S. The fourth-order valence-corrected chi connectivity index (χ4v) is 3.30. The maximum atomic E-state index is 12.1. The number of benzene rings is 2. The van der Waals surface area contributed by atoms with Crippen molar-refractivity contribution in [2.45, 2.75) is 18.2 Å². The van der Waals surface area contributed by atoms with E-state index in [1.807, 2.05) is 31.2 Å². The van der Waals surface area contributed by atoms with Crippen molar-refractivity contribution in [1.82, 2.24) is 10.2 Å². The quantitative estimate of drug-likeness (QED) is 0.674. The lowest BCUT2D eigenvalue weighted by molar-refractivity contribution is 0.322.